The van der Waals surface area contributed by atoms with Crippen LogP contribution in [0.2, 0.25) is 0 Å². The lowest BCUT2D eigenvalue weighted by atomic mass is 10.2. The van der Waals surface area contributed by atoms with Crippen LogP contribution in [0, 0.1) is 0 Å². The van der Waals surface area contributed by atoms with E-state index >= 15 is 0 Å². The predicted octanol–water partition coefficient (Wildman–Crippen LogP) is -0.373. The fourth-order valence-corrected chi connectivity index (χ4v) is 2.55. The monoisotopic (exact) mass is 248 g/mol. The summed E-state index contributed by atoms with van der Waals surface area (Å²) in [5.74, 6) is -0.210. The van der Waals surface area contributed by atoms with Crippen LogP contribution in [0.4, 0.5) is 4.79 Å². The Kier molecular flexibility index (Phi) is 5.41. The van der Waals surface area contributed by atoms with Crippen LogP contribution in [0.1, 0.15) is 12.8 Å². The molecule has 0 aromatic rings. The Morgan fingerprint density at radius 3 is 2.75 bits per heavy atom. The molecule has 1 aliphatic heterocycles. The molecule has 1 saturated heterocycles. The Hall–Kier alpha value is -0.950. The van der Waals surface area contributed by atoms with Gasteiger partial charge in [-0.1, -0.05) is 0 Å². The van der Waals surface area contributed by atoms with Gasteiger partial charge in [0.2, 0.25) is 0 Å². The predicted molar refractivity (Wildman–Crippen MR) is 60.5 cm³/mol. The number of carbonyl (C=O) groups excluding carboxylic acids is 1. The minimum absolute atomic E-state index is 0.279. The molecule has 0 aromatic carbocycles. The summed E-state index contributed by atoms with van der Waals surface area (Å²) in [4.78, 5) is 21.4. The van der Waals surface area contributed by atoms with Gasteiger partial charge in [-0.15, -0.1) is 0 Å². The number of amides is 2. The van der Waals surface area contributed by atoms with Crippen molar-refractivity contribution in [1.82, 2.24) is 10.6 Å². The minimum Gasteiger partial charge on any atom is -0.479 e. The van der Waals surface area contributed by atoms with Crippen molar-refractivity contribution >= 4 is 23.8 Å². The molecule has 1 rings (SSSR count). The first kappa shape index (κ1) is 13.1. The third kappa shape index (κ3) is 4.71. The highest BCUT2D eigenvalue weighted by Crippen LogP contribution is 2.25. The molecule has 1 fully saturated rings. The number of hydrogen-bond donors (Lipinski definition) is 4. The van der Waals surface area contributed by atoms with Crippen LogP contribution < -0.4 is 10.6 Å². The smallest absolute Gasteiger partial charge is 0.334 e. The number of aliphatic carboxylic acids is 1. The highest BCUT2D eigenvalue weighted by molar-refractivity contribution is 8.00. The third-order valence-electron chi connectivity index (χ3n) is 2.26. The molecule has 0 saturated carbocycles. The van der Waals surface area contributed by atoms with E-state index in [1.165, 1.54) is 6.42 Å². The molecule has 1 unspecified atom stereocenters. The molecule has 1 aliphatic rings. The van der Waals surface area contributed by atoms with Gasteiger partial charge in [0.25, 0.3) is 0 Å². The van der Waals surface area contributed by atoms with Crippen molar-refractivity contribution < 1.29 is 19.8 Å². The molecule has 6 nitrogen and oxygen atoms in total. The van der Waals surface area contributed by atoms with Crippen LogP contribution in [0.5, 0.6) is 0 Å². The van der Waals surface area contributed by atoms with Gasteiger partial charge in [-0.25, -0.2) is 9.59 Å². The lowest BCUT2D eigenvalue weighted by Gasteiger charge is -2.12. The van der Waals surface area contributed by atoms with Crippen LogP contribution in [0.15, 0.2) is 0 Å². The molecule has 4 N–H and O–H groups in total. The largest absolute Gasteiger partial charge is 0.479 e. The van der Waals surface area contributed by atoms with Crippen molar-refractivity contribution in [2.24, 2.45) is 0 Å². The van der Waals surface area contributed by atoms with Gasteiger partial charge in [-0.2, -0.15) is 11.8 Å². The lowest BCUT2D eigenvalue weighted by molar-refractivity contribution is -0.146. The molecule has 0 bridgehead atoms. The van der Waals surface area contributed by atoms with Gasteiger partial charge < -0.3 is 20.8 Å². The molecule has 0 spiro atoms. The SMILES string of the molecule is O=C(NCC1CCCS1)NC[C@H](O)C(=O)O. The molecule has 16 heavy (non-hydrogen) atoms. The standard InChI is InChI=1S/C9H16N2O4S/c12-7(8(13)14)5-11-9(15)10-4-6-2-1-3-16-6/h6-7,12H,1-5H2,(H,13,14)(H2,10,11,15)/t6?,7-/m0/s1. The maximum atomic E-state index is 11.2. The number of carboxylic acids is 1. The Labute approximate surface area is 97.8 Å². The number of rotatable bonds is 5. The minimum atomic E-state index is -1.55. The normalized spacial score (nSPS) is 21.4. The second-order valence-corrected chi connectivity index (χ2v) is 4.99. The summed E-state index contributed by atoms with van der Waals surface area (Å²) in [6.45, 7) is 0.304. The zero-order valence-electron chi connectivity index (χ0n) is 8.81. The second kappa shape index (κ2) is 6.59. The molecular weight excluding hydrogens is 232 g/mol. The fourth-order valence-electron chi connectivity index (χ4n) is 1.35. The summed E-state index contributed by atoms with van der Waals surface area (Å²) in [6.07, 6.45) is 0.727. The zero-order chi connectivity index (χ0) is 12.0. The van der Waals surface area contributed by atoms with Crippen molar-refractivity contribution in [2.45, 2.75) is 24.2 Å². The maximum Gasteiger partial charge on any atom is 0.334 e. The molecule has 0 aliphatic carbocycles. The van der Waals surface area contributed by atoms with Crippen molar-refractivity contribution in [3.8, 4) is 0 Å². The number of hydrogen-bond acceptors (Lipinski definition) is 4. The van der Waals surface area contributed by atoms with Crippen LogP contribution in [0.3, 0.4) is 0 Å². The first-order valence-electron chi connectivity index (χ1n) is 5.13. The molecule has 2 amide bonds. The van der Waals surface area contributed by atoms with Crippen LogP contribution in [-0.4, -0.2) is 52.4 Å². The van der Waals surface area contributed by atoms with E-state index in [0.29, 0.717) is 11.8 Å². The number of urea groups is 1. The molecule has 1 heterocycles. The van der Waals surface area contributed by atoms with E-state index in [1.807, 2.05) is 11.8 Å². The van der Waals surface area contributed by atoms with Crippen LogP contribution >= 0.6 is 11.8 Å². The van der Waals surface area contributed by atoms with Gasteiger partial charge in [0.15, 0.2) is 6.10 Å². The molecular formula is C9H16N2O4S. The van der Waals surface area contributed by atoms with E-state index in [4.69, 9.17) is 10.2 Å². The number of aliphatic hydroxyl groups is 1. The van der Waals surface area contributed by atoms with Crippen molar-refractivity contribution in [2.75, 3.05) is 18.8 Å². The molecule has 0 aromatic heterocycles. The van der Waals surface area contributed by atoms with E-state index in [9.17, 15) is 9.59 Å². The van der Waals surface area contributed by atoms with Crippen molar-refractivity contribution in [3.05, 3.63) is 0 Å². The number of nitrogens with one attached hydrogen (secondary N) is 2. The fraction of sp³-hybridized carbons (Fsp3) is 0.778. The van der Waals surface area contributed by atoms with Gasteiger partial charge >= 0.3 is 12.0 Å². The van der Waals surface area contributed by atoms with Gasteiger partial charge in [0.1, 0.15) is 0 Å². The highest BCUT2D eigenvalue weighted by Gasteiger charge is 2.17. The quantitative estimate of drug-likeness (QED) is 0.532. The second-order valence-electron chi connectivity index (χ2n) is 3.58. The zero-order valence-corrected chi connectivity index (χ0v) is 9.63. The maximum absolute atomic E-state index is 11.2. The average Bonchev–Trinajstić information content (AvgIpc) is 2.75. The van der Waals surface area contributed by atoms with Crippen LogP contribution in [0.25, 0.3) is 0 Å². The van der Waals surface area contributed by atoms with Crippen LogP contribution in [-0.2, 0) is 4.79 Å². The number of carboxylic acid groups (broad SMARTS) is 1. The Morgan fingerprint density at radius 1 is 1.44 bits per heavy atom. The summed E-state index contributed by atoms with van der Waals surface area (Å²) < 4.78 is 0. The topological polar surface area (TPSA) is 98.7 Å². The Morgan fingerprint density at radius 2 is 2.19 bits per heavy atom. The summed E-state index contributed by atoms with van der Waals surface area (Å²) in [5.41, 5.74) is 0. The number of carbonyl (C=O) groups is 2. The van der Waals surface area contributed by atoms with Gasteiger partial charge in [-0.05, 0) is 18.6 Å². The third-order valence-corrected chi connectivity index (χ3v) is 3.65. The first-order chi connectivity index (χ1) is 7.59. The Bertz CT molecular complexity index is 256. The molecule has 7 heteroatoms. The van der Waals surface area contributed by atoms with Gasteiger partial charge in [0.05, 0.1) is 6.54 Å². The van der Waals surface area contributed by atoms with E-state index in [1.54, 1.807) is 0 Å². The highest BCUT2D eigenvalue weighted by atomic mass is 32.2. The summed E-state index contributed by atoms with van der Waals surface area (Å²) >= 11 is 1.83. The number of thioether (sulfide) groups is 1. The number of aliphatic hydroxyl groups excluding tert-OH is 1. The molecule has 0 radical (unpaired) electrons. The van der Waals surface area contributed by atoms with E-state index in [-0.39, 0.29) is 6.54 Å². The molecule has 92 valence electrons. The lowest BCUT2D eigenvalue weighted by Crippen LogP contribution is -2.43. The van der Waals surface area contributed by atoms with Crippen molar-refractivity contribution in [3.63, 3.8) is 0 Å². The van der Waals surface area contributed by atoms with E-state index < -0.39 is 18.1 Å². The summed E-state index contributed by atoms with van der Waals surface area (Å²) in [7, 11) is 0. The first-order valence-corrected chi connectivity index (χ1v) is 6.18. The Balaban J connectivity index is 2.08. The molecule has 2 atom stereocenters. The van der Waals surface area contributed by atoms with E-state index in [0.717, 1.165) is 12.2 Å². The van der Waals surface area contributed by atoms with Crippen molar-refractivity contribution in [1.29, 1.82) is 0 Å². The van der Waals surface area contributed by atoms with Gasteiger partial charge in [-0.3, -0.25) is 0 Å². The summed E-state index contributed by atoms with van der Waals surface area (Å²) in [5, 5.41) is 22.7. The van der Waals surface area contributed by atoms with E-state index in [2.05, 4.69) is 10.6 Å². The summed E-state index contributed by atoms with van der Waals surface area (Å²) in [6, 6.07) is -0.437. The average molecular weight is 248 g/mol. The van der Waals surface area contributed by atoms with Gasteiger partial charge in [0, 0.05) is 11.8 Å².